The number of hydrogen-bond acceptors (Lipinski definition) is 5. The van der Waals surface area contributed by atoms with Crippen molar-refractivity contribution in [2.24, 2.45) is 0 Å². The highest BCUT2D eigenvalue weighted by atomic mass is 16.6. The van der Waals surface area contributed by atoms with Gasteiger partial charge in [-0.05, 0) is 44.5 Å². The molecule has 0 saturated heterocycles. The summed E-state index contributed by atoms with van der Waals surface area (Å²) < 4.78 is 10.1. The zero-order valence-corrected chi connectivity index (χ0v) is 11.3. The van der Waals surface area contributed by atoms with E-state index in [1.165, 1.54) is 25.3 Å². The lowest BCUT2D eigenvalue weighted by Gasteiger charge is -2.20. The Morgan fingerprint density at radius 1 is 1.26 bits per heavy atom. The first kappa shape index (κ1) is 14.8. The molecule has 0 saturated carbocycles. The van der Waals surface area contributed by atoms with Crippen LogP contribution in [-0.4, -0.2) is 24.8 Å². The van der Waals surface area contributed by atoms with E-state index in [0.717, 1.165) is 0 Å². The third-order valence-electron chi connectivity index (χ3n) is 2.07. The van der Waals surface area contributed by atoms with Gasteiger partial charge in [-0.1, -0.05) is 0 Å². The first-order valence-electron chi connectivity index (χ1n) is 5.62. The Kier molecular flexibility index (Phi) is 4.37. The normalized spacial score (nSPS) is 10.7. The van der Waals surface area contributed by atoms with Crippen LogP contribution in [0.4, 0.5) is 10.5 Å². The van der Waals surface area contributed by atoms with E-state index in [1.54, 1.807) is 20.8 Å². The van der Waals surface area contributed by atoms with E-state index in [4.69, 9.17) is 9.47 Å². The van der Waals surface area contributed by atoms with E-state index in [-0.39, 0.29) is 11.3 Å². The van der Waals surface area contributed by atoms with Crippen molar-refractivity contribution in [2.75, 3.05) is 12.4 Å². The summed E-state index contributed by atoms with van der Waals surface area (Å²) in [5.74, 6) is -1.01. The fourth-order valence-electron chi connectivity index (χ4n) is 1.35. The fraction of sp³-hybridized carbons (Fsp3) is 0.385. The summed E-state index contributed by atoms with van der Waals surface area (Å²) in [6, 6.07) is 4.00. The van der Waals surface area contributed by atoms with Crippen molar-refractivity contribution in [2.45, 2.75) is 26.4 Å². The van der Waals surface area contributed by atoms with E-state index in [1.807, 2.05) is 0 Å². The molecule has 19 heavy (non-hydrogen) atoms. The lowest BCUT2D eigenvalue weighted by atomic mass is 10.2. The average molecular weight is 266 g/mol. The van der Waals surface area contributed by atoms with Crippen molar-refractivity contribution in [3.05, 3.63) is 23.8 Å². The largest absolute Gasteiger partial charge is 0.545 e. The monoisotopic (exact) mass is 266 g/mol. The number of ether oxygens (including phenoxy) is 2. The minimum absolute atomic E-state index is 0.0631. The minimum Gasteiger partial charge on any atom is -0.545 e. The smallest absolute Gasteiger partial charge is 0.412 e. The number of amides is 1. The highest BCUT2D eigenvalue weighted by Gasteiger charge is 2.17. The molecule has 6 heteroatoms. The van der Waals surface area contributed by atoms with Gasteiger partial charge in [-0.2, -0.15) is 0 Å². The molecule has 0 radical (unpaired) electrons. The zero-order valence-electron chi connectivity index (χ0n) is 11.3. The van der Waals surface area contributed by atoms with Crippen LogP contribution in [0.5, 0.6) is 5.75 Å². The van der Waals surface area contributed by atoms with Crippen LogP contribution in [0.25, 0.3) is 0 Å². The number of carbonyl (C=O) groups excluding carboxylic acids is 2. The maximum Gasteiger partial charge on any atom is 0.412 e. The topological polar surface area (TPSA) is 87.7 Å². The molecule has 0 aliphatic carbocycles. The number of nitrogens with one attached hydrogen (secondary N) is 1. The molecular formula is C13H16NO5-. The summed E-state index contributed by atoms with van der Waals surface area (Å²) in [5.41, 5.74) is -0.506. The number of carbonyl (C=O) groups is 2. The van der Waals surface area contributed by atoms with Gasteiger partial charge in [0.05, 0.1) is 18.8 Å². The van der Waals surface area contributed by atoms with Gasteiger partial charge in [-0.25, -0.2) is 4.79 Å². The number of rotatable bonds is 3. The Morgan fingerprint density at radius 3 is 2.37 bits per heavy atom. The van der Waals surface area contributed by atoms with Crippen LogP contribution in [0.2, 0.25) is 0 Å². The van der Waals surface area contributed by atoms with Crippen LogP contribution < -0.4 is 15.2 Å². The Balaban J connectivity index is 2.95. The molecule has 1 rings (SSSR count). The van der Waals surface area contributed by atoms with Gasteiger partial charge in [-0.3, -0.25) is 5.32 Å². The second-order valence-corrected chi connectivity index (χ2v) is 4.83. The Hall–Kier alpha value is -2.24. The van der Waals surface area contributed by atoms with Crippen molar-refractivity contribution in [1.82, 2.24) is 0 Å². The molecule has 0 unspecified atom stereocenters. The van der Waals surface area contributed by atoms with Crippen LogP contribution >= 0.6 is 0 Å². The first-order valence-corrected chi connectivity index (χ1v) is 5.62. The molecule has 0 atom stereocenters. The predicted molar refractivity (Wildman–Crippen MR) is 67.2 cm³/mol. The molecule has 0 aliphatic heterocycles. The van der Waals surface area contributed by atoms with Crippen molar-refractivity contribution >= 4 is 17.7 Å². The molecule has 0 aromatic heterocycles. The molecule has 1 N–H and O–H groups in total. The SMILES string of the molecule is COc1ccc(C(=O)[O-])cc1NC(=O)OC(C)(C)C. The third-order valence-corrected chi connectivity index (χ3v) is 2.07. The highest BCUT2D eigenvalue weighted by molar-refractivity contribution is 5.92. The van der Waals surface area contributed by atoms with Gasteiger partial charge < -0.3 is 19.4 Å². The van der Waals surface area contributed by atoms with Crippen LogP contribution in [-0.2, 0) is 4.74 Å². The second-order valence-electron chi connectivity index (χ2n) is 4.83. The Labute approximate surface area is 111 Å². The molecule has 0 heterocycles. The van der Waals surface area contributed by atoms with Gasteiger partial charge in [0, 0.05) is 0 Å². The maximum atomic E-state index is 11.6. The van der Waals surface area contributed by atoms with E-state index >= 15 is 0 Å². The number of carboxylic acids is 1. The minimum atomic E-state index is -1.34. The lowest BCUT2D eigenvalue weighted by Crippen LogP contribution is -2.27. The molecule has 1 aromatic rings. The highest BCUT2D eigenvalue weighted by Crippen LogP contribution is 2.26. The average Bonchev–Trinajstić information content (AvgIpc) is 2.26. The van der Waals surface area contributed by atoms with Gasteiger partial charge >= 0.3 is 6.09 Å². The Morgan fingerprint density at radius 2 is 1.89 bits per heavy atom. The van der Waals surface area contributed by atoms with Crippen molar-refractivity contribution in [3.8, 4) is 5.75 Å². The number of carboxylic acid groups (broad SMARTS) is 1. The van der Waals surface area contributed by atoms with Gasteiger partial charge in [0.25, 0.3) is 0 Å². The van der Waals surface area contributed by atoms with Crippen LogP contribution in [0.15, 0.2) is 18.2 Å². The number of anilines is 1. The van der Waals surface area contributed by atoms with E-state index < -0.39 is 17.7 Å². The van der Waals surface area contributed by atoms with E-state index in [2.05, 4.69) is 5.32 Å². The molecule has 1 amide bonds. The number of methoxy groups -OCH3 is 1. The summed E-state index contributed by atoms with van der Waals surface area (Å²) in [6.07, 6.45) is -0.693. The van der Waals surface area contributed by atoms with Gasteiger partial charge in [0.1, 0.15) is 11.4 Å². The molecule has 0 aliphatic rings. The van der Waals surface area contributed by atoms with Crippen molar-refractivity contribution in [1.29, 1.82) is 0 Å². The van der Waals surface area contributed by atoms with E-state index in [9.17, 15) is 14.7 Å². The summed E-state index contributed by atoms with van der Waals surface area (Å²) in [4.78, 5) is 22.4. The zero-order chi connectivity index (χ0) is 14.6. The number of aromatic carboxylic acids is 1. The summed E-state index contributed by atoms with van der Waals surface area (Å²) in [5, 5.41) is 13.2. The molecule has 104 valence electrons. The summed E-state index contributed by atoms with van der Waals surface area (Å²) >= 11 is 0. The molecule has 0 spiro atoms. The number of benzene rings is 1. The van der Waals surface area contributed by atoms with Crippen LogP contribution in [0.1, 0.15) is 31.1 Å². The standard InChI is InChI=1S/C13H17NO5/c1-13(2,3)19-12(17)14-9-7-8(11(15)16)5-6-10(9)18-4/h5-7H,1-4H3,(H,14,17)(H,15,16)/p-1. The van der Waals surface area contributed by atoms with Crippen LogP contribution in [0.3, 0.4) is 0 Å². The number of hydrogen-bond donors (Lipinski definition) is 1. The molecule has 6 nitrogen and oxygen atoms in total. The van der Waals surface area contributed by atoms with Crippen molar-refractivity contribution in [3.63, 3.8) is 0 Å². The molecule has 0 bridgehead atoms. The summed E-state index contributed by atoms with van der Waals surface area (Å²) in [6.45, 7) is 5.17. The molecule has 0 fully saturated rings. The maximum absolute atomic E-state index is 11.6. The van der Waals surface area contributed by atoms with Gasteiger partial charge in [0.2, 0.25) is 0 Å². The van der Waals surface area contributed by atoms with Crippen molar-refractivity contribution < 1.29 is 24.2 Å². The predicted octanol–water partition coefficient (Wildman–Crippen LogP) is 1.41. The molecule has 1 aromatic carbocycles. The summed E-state index contributed by atoms with van der Waals surface area (Å²) in [7, 11) is 1.41. The van der Waals surface area contributed by atoms with Gasteiger partial charge in [0.15, 0.2) is 0 Å². The fourth-order valence-corrected chi connectivity index (χ4v) is 1.35. The third kappa shape index (κ3) is 4.50. The first-order chi connectivity index (χ1) is 8.73. The van der Waals surface area contributed by atoms with Gasteiger partial charge in [-0.15, -0.1) is 0 Å². The quantitative estimate of drug-likeness (QED) is 0.893. The lowest BCUT2D eigenvalue weighted by molar-refractivity contribution is -0.255. The second kappa shape index (κ2) is 5.60. The molecular weight excluding hydrogens is 250 g/mol. The Bertz CT molecular complexity index is 490. The van der Waals surface area contributed by atoms with E-state index in [0.29, 0.717) is 5.75 Å². The van der Waals surface area contributed by atoms with Crippen LogP contribution in [0, 0.1) is 0 Å².